The van der Waals surface area contributed by atoms with Crippen molar-refractivity contribution in [3.63, 3.8) is 0 Å². The summed E-state index contributed by atoms with van der Waals surface area (Å²) in [7, 11) is 0. The normalized spacial score (nSPS) is 52.1. The molecule has 0 bridgehead atoms. The Balaban J connectivity index is 1.79. The van der Waals surface area contributed by atoms with E-state index in [4.69, 9.17) is 23.7 Å². The van der Waals surface area contributed by atoms with E-state index in [1.165, 1.54) is 0 Å². The first-order chi connectivity index (χ1) is 16.0. The Morgan fingerprint density at radius 2 is 1.24 bits per heavy atom. The van der Waals surface area contributed by atoms with Crippen molar-refractivity contribution in [3.05, 3.63) is 10.4 Å². The lowest BCUT2D eigenvalue weighted by atomic mass is 9.79. The Labute approximate surface area is 206 Å². The van der Waals surface area contributed by atoms with Crippen LogP contribution in [0.2, 0.25) is 0 Å². The zero-order chi connectivity index (χ0) is 25.3. The van der Waals surface area contributed by atoms with Gasteiger partial charge in [-0.15, -0.1) is 0 Å². The quantitative estimate of drug-likeness (QED) is 0.266. The van der Waals surface area contributed by atoms with Crippen LogP contribution >= 0.6 is 0 Å². The van der Waals surface area contributed by atoms with Crippen molar-refractivity contribution in [2.75, 3.05) is 0 Å². The van der Waals surface area contributed by atoms with E-state index in [1.807, 2.05) is 6.92 Å². The fourth-order valence-electron chi connectivity index (χ4n) is 5.99. The topological polar surface area (TPSA) is 94.9 Å². The van der Waals surface area contributed by atoms with Crippen molar-refractivity contribution < 1.29 is 23.7 Å². The summed E-state index contributed by atoms with van der Waals surface area (Å²) >= 11 is 0. The lowest BCUT2D eigenvalue weighted by molar-refractivity contribution is -0.328. The molecule has 0 aromatic heterocycles. The second-order valence-electron chi connectivity index (χ2n) is 11.3. The van der Waals surface area contributed by atoms with Gasteiger partial charge in [-0.2, -0.15) is 0 Å². The van der Waals surface area contributed by atoms with E-state index in [0.29, 0.717) is 23.7 Å². The minimum atomic E-state index is -0.641. The highest BCUT2D eigenvalue weighted by molar-refractivity contribution is 4.95. The summed E-state index contributed by atoms with van der Waals surface area (Å²) < 4.78 is 32.1. The number of hydrogen-bond donors (Lipinski definition) is 0. The average molecular weight is 482 g/mol. The molecule has 8 nitrogen and oxygen atoms in total. The molecule has 15 atom stereocenters. The third-order valence-corrected chi connectivity index (χ3v) is 9.34. The Bertz CT molecular complexity index is 719. The van der Waals surface area contributed by atoms with E-state index < -0.39 is 12.3 Å². The molecule has 0 amide bonds. The fourth-order valence-corrected chi connectivity index (χ4v) is 5.99. The zero-order valence-electron chi connectivity index (χ0n) is 22.8. The third kappa shape index (κ3) is 5.42. The third-order valence-electron chi connectivity index (χ3n) is 9.34. The Hall–Kier alpha value is -0.890. The number of azide groups is 1. The monoisotopic (exact) mass is 481 g/mol. The summed E-state index contributed by atoms with van der Waals surface area (Å²) in [6.45, 7) is 21.5. The second-order valence-corrected chi connectivity index (χ2v) is 11.3. The standard InChI is InChI=1S/C26H47N3O5/c1-11-21-24(34-25-16(6)12(2)13(3)19(9)31-25)17(7)22(28-29-27)26(32-21)33-23-15(5)14(4)18(8)30-20(23)10/h12-26H,11H2,1-10H3/t12-,13-,14?,15-,16?,17-,18+,19?,20?,21?,22?,23-,24-,25+,26+/m1/s1. The summed E-state index contributed by atoms with van der Waals surface area (Å²) in [5.74, 6) is 1.77. The molecular formula is C26H47N3O5. The van der Waals surface area contributed by atoms with Gasteiger partial charge in [-0.05, 0) is 62.3 Å². The molecule has 3 aliphatic heterocycles. The molecule has 8 heteroatoms. The van der Waals surface area contributed by atoms with Gasteiger partial charge in [0.1, 0.15) is 0 Å². The van der Waals surface area contributed by atoms with Gasteiger partial charge in [0.15, 0.2) is 12.6 Å². The predicted molar refractivity (Wildman–Crippen MR) is 131 cm³/mol. The molecule has 34 heavy (non-hydrogen) atoms. The van der Waals surface area contributed by atoms with E-state index in [0.717, 1.165) is 6.42 Å². The molecule has 3 fully saturated rings. The zero-order valence-corrected chi connectivity index (χ0v) is 22.8. The van der Waals surface area contributed by atoms with Gasteiger partial charge in [-0.1, -0.05) is 53.6 Å². The van der Waals surface area contributed by atoms with Crippen LogP contribution in [0.5, 0.6) is 0 Å². The van der Waals surface area contributed by atoms with E-state index >= 15 is 0 Å². The average Bonchev–Trinajstić information content (AvgIpc) is 2.80. The van der Waals surface area contributed by atoms with E-state index in [9.17, 15) is 5.53 Å². The van der Waals surface area contributed by atoms with Crippen molar-refractivity contribution in [2.45, 2.75) is 131 Å². The van der Waals surface area contributed by atoms with Crippen LogP contribution in [0.25, 0.3) is 10.4 Å². The van der Waals surface area contributed by atoms with Crippen molar-refractivity contribution in [3.8, 4) is 0 Å². The highest BCUT2D eigenvalue weighted by Gasteiger charge is 2.49. The summed E-state index contributed by atoms with van der Waals surface area (Å²) in [6.07, 6.45) is -0.535. The number of rotatable bonds is 6. The van der Waals surface area contributed by atoms with E-state index in [2.05, 4.69) is 72.3 Å². The van der Waals surface area contributed by atoms with Gasteiger partial charge in [-0.25, -0.2) is 0 Å². The van der Waals surface area contributed by atoms with Crippen LogP contribution in [0.1, 0.15) is 75.7 Å². The van der Waals surface area contributed by atoms with Crippen LogP contribution in [-0.2, 0) is 23.7 Å². The van der Waals surface area contributed by atoms with Gasteiger partial charge in [-0.3, -0.25) is 0 Å². The summed E-state index contributed by atoms with van der Waals surface area (Å²) in [5, 5.41) is 4.14. The largest absolute Gasteiger partial charge is 0.373 e. The van der Waals surface area contributed by atoms with Gasteiger partial charge >= 0.3 is 0 Å². The molecule has 196 valence electrons. The Kier molecular flexibility index (Phi) is 9.32. The van der Waals surface area contributed by atoms with Crippen molar-refractivity contribution >= 4 is 0 Å². The molecule has 3 saturated heterocycles. The first kappa shape index (κ1) is 27.7. The molecule has 0 spiro atoms. The molecule has 0 aromatic rings. The molecule has 6 unspecified atom stereocenters. The van der Waals surface area contributed by atoms with E-state index in [-0.39, 0.29) is 54.7 Å². The highest BCUT2D eigenvalue weighted by Crippen LogP contribution is 2.41. The first-order valence-electron chi connectivity index (χ1n) is 13.3. The summed E-state index contributed by atoms with van der Waals surface area (Å²) in [5.41, 5.74) is 9.37. The molecule has 3 heterocycles. The SMILES string of the molecule is CCC1O[C@@H](O[C@H]2C(C)O[C@@H](C)C(C)[C@H]2C)C(N=[N+]=[N-])[C@@H](C)[C@H]1O[C@@H]1OC(C)[C@H](C)[C@@H](C)C1C. The molecular weight excluding hydrogens is 434 g/mol. The van der Waals surface area contributed by atoms with Gasteiger partial charge in [0.25, 0.3) is 0 Å². The molecule has 0 aromatic carbocycles. The number of nitrogens with zero attached hydrogens (tertiary/aromatic N) is 3. The van der Waals surface area contributed by atoms with Crippen LogP contribution in [0, 0.1) is 35.5 Å². The Morgan fingerprint density at radius 1 is 0.647 bits per heavy atom. The molecule has 0 saturated carbocycles. The molecule has 0 radical (unpaired) electrons. The van der Waals surface area contributed by atoms with E-state index in [1.54, 1.807) is 0 Å². The lowest BCUT2D eigenvalue weighted by Gasteiger charge is -2.50. The van der Waals surface area contributed by atoms with Gasteiger partial charge in [0.2, 0.25) is 0 Å². The maximum atomic E-state index is 9.37. The Morgan fingerprint density at radius 3 is 1.85 bits per heavy atom. The van der Waals surface area contributed by atoms with Crippen LogP contribution in [0.3, 0.4) is 0 Å². The van der Waals surface area contributed by atoms with Crippen LogP contribution < -0.4 is 0 Å². The molecule has 0 N–H and O–H groups in total. The van der Waals surface area contributed by atoms with Gasteiger partial charge in [0, 0.05) is 10.8 Å². The first-order valence-corrected chi connectivity index (χ1v) is 13.3. The fraction of sp³-hybridized carbons (Fsp3) is 1.00. The van der Waals surface area contributed by atoms with Crippen molar-refractivity contribution in [1.29, 1.82) is 0 Å². The molecule has 3 aliphatic rings. The summed E-state index contributed by atoms with van der Waals surface area (Å²) in [6, 6.07) is -0.500. The summed E-state index contributed by atoms with van der Waals surface area (Å²) in [4.78, 5) is 3.15. The van der Waals surface area contributed by atoms with Gasteiger partial charge < -0.3 is 23.7 Å². The predicted octanol–water partition coefficient (Wildman–Crippen LogP) is 5.94. The highest BCUT2D eigenvalue weighted by atomic mass is 16.7. The minimum absolute atomic E-state index is 0.0673. The van der Waals surface area contributed by atoms with Crippen molar-refractivity contribution in [2.24, 2.45) is 40.6 Å². The molecule has 3 rings (SSSR count). The second kappa shape index (κ2) is 11.4. The maximum Gasteiger partial charge on any atom is 0.167 e. The van der Waals surface area contributed by atoms with Crippen molar-refractivity contribution in [1.82, 2.24) is 0 Å². The number of hydrogen-bond acceptors (Lipinski definition) is 6. The maximum absolute atomic E-state index is 9.37. The minimum Gasteiger partial charge on any atom is -0.373 e. The van der Waals surface area contributed by atoms with Crippen LogP contribution in [0.4, 0.5) is 0 Å². The lowest BCUT2D eigenvalue weighted by Crippen LogP contribution is -2.59. The van der Waals surface area contributed by atoms with Crippen LogP contribution in [0.15, 0.2) is 5.11 Å². The van der Waals surface area contributed by atoms with Crippen LogP contribution in [-0.4, -0.2) is 55.2 Å². The molecule has 0 aliphatic carbocycles. The smallest absolute Gasteiger partial charge is 0.167 e. The van der Waals surface area contributed by atoms with Gasteiger partial charge in [0.05, 0.1) is 42.7 Å². The number of ether oxygens (including phenoxy) is 5.